The number of anilines is 2. The van der Waals surface area contributed by atoms with Crippen molar-refractivity contribution in [2.75, 3.05) is 17.2 Å². The molecule has 0 aliphatic heterocycles. The summed E-state index contributed by atoms with van der Waals surface area (Å²) in [6.07, 6.45) is 0. The third-order valence-corrected chi connectivity index (χ3v) is 4.34. The monoisotopic (exact) mass is 416 g/mol. The van der Waals surface area contributed by atoms with Gasteiger partial charge in [-0.15, -0.1) is 0 Å². The van der Waals surface area contributed by atoms with E-state index in [4.69, 9.17) is 4.74 Å². The second-order valence-corrected chi connectivity index (χ2v) is 6.62. The summed E-state index contributed by atoms with van der Waals surface area (Å²) in [5, 5.41) is 5.27. The molecule has 3 aromatic carbocycles. The van der Waals surface area contributed by atoms with Crippen LogP contribution in [0.4, 0.5) is 11.4 Å². The average Bonchev–Trinajstić information content (AvgIpc) is 2.78. The van der Waals surface area contributed by atoms with Crippen molar-refractivity contribution in [3.8, 4) is 0 Å². The Bertz CT molecular complexity index is 1110. The lowest BCUT2D eigenvalue weighted by Crippen LogP contribution is -2.22. The molecule has 0 unspecified atom stereocenters. The van der Waals surface area contributed by atoms with Gasteiger partial charge in [0.15, 0.2) is 12.4 Å². The SMILES string of the molecule is CC(=O)c1ccc(NC(=O)COC(=O)c2ccccc2NC(=O)c2ccccc2)cc1. The molecule has 3 aromatic rings. The largest absolute Gasteiger partial charge is 0.452 e. The number of carbonyl (C=O) groups excluding carboxylic acids is 4. The van der Waals surface area contributed by atoms with Crippen LogP contribution in [-0.4, -0.2) is 30.2 Å². The van der Waals surface area contributed by atoms with Crippen LogP contribution in [0.25, 0.3) is 0 Å². The Morgan fingerprint density at radius 1 is 0.742 bits per heavy atom. The van der Waals surface area contributed by atoms with Crippen LogP contribution in [0, 0.1) is 0 Å². The summed E-state index contributed by atoms with van der Waals surface area (Å²) in [5.74, 6) is -1.72. The van der Waals surface area contributed by atoms with E-state index in [-0.39, 0.29) is 22.9 Å². The molecule has 7 heteroatoms. The van der Waals surface area contributed by atoms with Gasteiger partial charge in [0.05, 0.1) is 11.3 Å². The third kappa shape index (κ3) is 5.86. The van der Waals surface area contributed by atoms with Gasteiger partial charge in [-0.2, -0.15) is 0 Å². The molecule has 0 heterocycles. The number of hydrogen-bond acceptors (Lipinski definition) is 5. The minimum atomic E-state index is -0.744. The number of benzene rings is 3. The number of ether oxygens (including phenoxy) is 1. The van der Waals surface area contributed by atoms with Gasteiger partial charge in [0.1, 0.15) is 0 Å². The molecule has 2 N–H and O–H groups in total. The quantitative estimate of drug-likeness (QED) is 0.449. The standard InChI is InChI=1S/C24H20N2O5/c1-16(27)17-11-13-19(14-12-17)25-22(28)15-31-24(30)20-9-5-6-10-21(20)26-23(29)18-7-3-2-4-8-18/h2-14H,15H2,1H3,(H,25,28)(H,26,29). The van der Waals surface area contributed by atoms with E-state index < -0.39 is 18.5 Å². The molecule has 0 radical (unpaired) electrons. The zero-order valence-corrected chi connectivity index (χ0v) is 16.8. The summed E-state index contributed by atoms with van der Waals surface area (Å²) < 4.78 is 5.10. The Morgan fingerprint density at radius 2 is 1.39 bits per heavy atom. The number of nitrogens with one attached hydrogen (secondary N) is 2. The predicted molar refractivity (Wildman–Crippen MR) is 116 cm³/mol. The highest BCUT2D eigenvalue weighted by molar-refractivity contribution is 6.08. The molecule has 0 aliphatic carbocycles. The normalized spacial score (nSPS) is 10.1. The van der Waals surface area contributed by atoms with Gasteiger partial charge >= 0.3 is 5.97 Å². The van der Waals surface area contributed by atoms with Crippen molar-refractivity contribution >= 4 is 34.9 Å². The molecule has 0 saturated heterocycles. The highest BCUT2D eigenvalue weighted by atomic mass is 16.5. The summed E-state index contributed by atoms with van der Waals surface area (Å²) in [7, 11) is 0. The van der Waals surface area contributed by atoms with Crippen molar-refractivity contribution in [3.05, 3.63) is 95.6 Å². The fourth-order valence-electron chi connectivity index (χ4n) is 2.75. The molecule has 31 heavy (non-hydrogen) atoms. The Hall–Kier alpha value is -4.26. The molecule has 0 fully saturated rings. The van der Waals surface area contributed by atoms with Gasteiger partial charge in [0.2, 0.25) is 0 Å². The van der Waals surface area contributed by atoms with E-state index in [0.29, 0.717) is 16.8 Å². The summed E-state index contributed by atoms with van der Waals surface area (Å²) >= 11 is 0. The lowest BCUT2D eigenvalue weighted by Gasteiger charge is -2.11. The second kappa shape index (κ2) is 9.98. The fraction of sp³-hybridized carbons (Fsp3) is 0.0833. The topological polar surface area (TPSA) is 102 Å². The van der Waals surface area contributed by atoms with E-state index in [0.717, 1.165) is 0 Å². The molecule has 3 rings (SSSR count). The smallest absolute Gasteiger partial charge is 0.340 e. The highest BCUT2D eigenvalue weighted by Gasteiger charge is 2.16. The fourth-order valence-corrected chi connectivity index (χ4v) is 2.75. The molecule has 0 saturated carbocycles. The van der Waals surface area contributed by atoms with Crippen LogP contribution in [0.3, 0.4) is 0 Å². The summed E-state index contributed by atoms with van der Waals surface area (Å²) in [6, 6.07) is 21.3. The van der Waals surface area contributed by atoms with Crippen molar-refractivity contribution in [1.82, 2.24) is 0 Å². The first-order valence-electron chi connectivity index (χ1n) is 9.47. The van der Waals surface area contributed by atoms with E-state index in [1.54, 1.807) is 72.8 Å². The van der Waals surface area contributed by atoms with Crippen LogP contribution < -0.4 is 10.6 Å². The van der Waals surface area contributed by atoms with Crippen LogP contribution in [-0.2, 0) is 9.53 Å². The minimum absolute atomic E-state index is 0.0789. The molecule has 0 bridgehead atoms. The lowest BCUT2D eigenvalue weighted by atomic mass is 10.1. The third-order valence-electron chi connectivity index (χ3n) is 4.34. The van der Waals surface area contributed by atoms with Crippen molar-refractivity contribution in [3.63, 3.8) is 0 Å². The average molecular weight is 416 g/mol. The first kappa shape index (κ1) is 21.4. The minimum Gasteiger partial charge on any atom is -0.452 e. The van der Waals surface area contributed by atoms with Gasteiger partial charge < -0.3 is 15.4 Å². The van der Waals surface area contributed by atoms with E-state index in [9.17, 15) is 19.2 Å². The first-order valence-corrected chi connectivity index (χ1v) is 9.47. The number of para-hydroxylation sites is 1. The van der Waals surface area contributed by atoms with Gasteiger partial charge in [-0.25, -0.2) is 4.79 Å². The maximum atomic E-state index is 12.5. The van der Waals surface area contributed by atoms with Crippen LogP contribution in [0.15, 0.2) is 78.9 Å². The second-order valence-electron chi connectivity index (χ2n) is 6.62. The summed E-state index contributed by atoms with van der Waals surface area (Å²) in [6.45, 7) is 0.946. The predicted octanol–water partition coefficient (Wildman–Crippen LogP) is 3.94. The molecule has 0 aliphatic rings. The molecule has 2 amide bonds. The maximum Gasteiger partial charge on any atom is 0.340 e. The van der Waals surface area contributed by atoms with Crippen molar-refractivity contribution in [2.45, 2.75) is 6.92 Å². The number of carbonyl (C=O) groups is 4. The van der Waals surface area contributed by atoms with Crippen molar-refractivity contribution in [2.24, 2.45) is 0 Å². The van der Waals surface area contributed by atoms with Gasteiger partial charge in [0.25, 0.3) is 11.8 Å². The van der Waals surface area contributed by atoms with Crippen molar-refractivity contribution in [1.29, 1.82) is 0 Å². The Balaban J connectivity index is 1.59. The molecule has 7 nitrogen and oxygen atoms in total. The summed E-state index contributed by atoms with van der Waals surface area (Å²) in [4.78, 5) is 48.2. The molecule has 0 spiro atoms. The number of ketones is 1. The van der Waals surface area contributed by atoms with Gasteiger partial charge in [-0.1, -0.05) is 30.3 Å². The molecule has 156 valence electrons. The van der Waals surface area contributed by atoms with E-state index in [1.165, 1.54) is 13.0 Å². The van der Waals surface area contributed by atoms with E-state index >= 15 is 0 Å². The van der Waals surface area contributed by atoms with E-state index in [2.05, 4.69) is 10.6 Å². The molecular weight excluding hydrogens is 396 g/mol. The molecule has 0 atom stereocenters. The van der Waals surface area contributed by atoms with E-state index in [1.807, 2.05) is 0 Å². The maximum absolute atomic E-state index is 12.5. The number of esters is 1. The van der Waals surface area contributed by atoms with Gasteiger partial charge in [0, 0.05) is 16.8 Å². The van der Waals surface area contributed by atoms with Crippen LogP contribution in [0.2, 0.25) is 0 Å². The summed E-state index contributed by atoms with van der Waals surface area (Å²) in [5.41, 5.74) is 1.85. The number of rotatable bonds is 7. The van der Waals surface area contributed by atoms with Crippen molar-refractivity contribution < 1.29 is 23.9 Å². The first-order chi connectivity index (χ1) is 14.9. The molecular formula is C24H20N2O5. The lowest BCUT2D eigenvalue weighted by molar-refractivity contribution is -0.119. The number of amides is 2. The number of hydrogen-bond donors (Lipinski definition) is 2. The van der Waals surface area contributed by atoms with Gasteiger partial charge in [-0.05, 0) is 55.5 Å². The van der Waals surface area contributed by atoms with Gasteiger partial charge in [-0.3, -0.25) is 14.4 Å². The zero-order valence-electron chi connectivity index (χ0n) is 16.8. The van der Waals surface area contributed by atoms with Crippen LogP contribution in [0.1, 0.15) is 38.0 Å². The van der Waals surface area contributed by atoms with Crippen LogP contribution >= 0.6 is 0 Å². The Morgan fingerprint density at radius 3 is 2.06 bits per heavy atom. The highest BCUT2D eigenvalue weighted by Crippen LogP contribution is 2.18. The van der Waals surface area contributed by atoms with Crippen LogP contribution in [0.5, 0.6) is 0 Å². The zero-order chi connectivity index (χ0) is 22.2. The Kier molecular flexibility index (Phi) is 6.90. The number of Topliss-reactive ketones (excluding diaryl/α,β-unsaturated/α-hetero) is 1. The Labute approximate surface area is 179 Å². The molecule has 0 aromatic heterocycles.